The van der Waals surface area contributed by atoms with E-state index in [1.165, 1.54) is 31.2 Å². The molecule has 2 aromatic carbocycles. The first kappa shape index (κ1) is 21.5. The lowest BCUT2D eigenvalue weighted by Crippen LogP contribution is -2.13. The molecular formula is C27H33F3. The standard InChI is InChI=1S/C27H33F3/c1-17-3-7-19(8-4-17)20-11-13-21(14-12-20)23-15-16-24(26(28)25(23)27(29)30)22-9-5-18(2)6-10-22/h11-19,22,27H,3-10H2,1-2H3. The molecule has 2 saturated carbocycles. The summed E-state index contributed by atoms with van der Waals surface area (Å²) >= 11 is 0. The molecule has 2 aliphatic rings. The van der Waals surface area contributed by atoms with E-state index in [1.54, 1.807) is 12.1 Å². The molecule has 0 bridgehead atoms. The van der Waals surface area contributed by atoms with Crippen LogP contribution >= 0.6 is 0 Å². The molecule has 4 rings (SSSR count). The second-order valence-corrected chi connectivity index (χ2v) is 9.77. The van der Waals surface area contributed by atoms with Crippen LogP contribution in [0.25, 0.3) is 11.1 Å². The molecule has 2 aliphatic carbocycles. The topological polar surface area (TPSA) is 0 Å². The summed E-state index contributed by atoms with van der Waals surface area (Å²) in [5, 5.41) is 0. The molecule has 0 aliphatic heterocycles. The number of hydrogen-bond donors (Lipinski definition) is 0. The summed E-state index contributed by atoms with van der Waals surface area (Å²) in [4.78, 5) is 0. The summed E-state index contributed by atoms with van der Waals surface area (Å²) in [6, 6.07) is 11.4. The van der Waals surface area contributed by atoms with E-state index in [9.17, 15) is 8.78 Å². The number of halogens is 3. The molecule has 162 valence electrons. The van der Waals surface area contributed by atoms with Gasteiger partial charge in [-0.1, -0.05) is 75.9 Å². The Kier molecular flexibility index (Phi) is 6.55. The van der Waals surface area contributed by atoms with Crippen molar-refractivity contribution >= 4 is 0 Å². The average Bonchev–Trinajstić information content (AvgIpc) is 2.75. The summed E-state index contributed by atoms with van der Waals surface area (Å²) < 4.78 is 43.2. The average molecular weight is 415 g/mol. The summed E-state index contributed by atoms with van der Waals surface area (Å²) in [6.07, 6.45) is 5.89. The van der Waals surface area contributed by atoms with Crippen LogP contribution in [0.2, 0.25) is 0 Å². The van der Waals surface area contributed by atoms with Crippen molar-refractivity contribution in [3.63, 3.8) is 0 Å². The molecule has 0 heterocycles. The summed E-state index contributed by atoms with van der Waals surface area (Å²) in [5.41, 5.74) is 2.34. The monoisotopic (exact) mass is 414 g/mol. The predicted molar refractivity (Wildman–Crippen MR) is 118 cm³/mol. The molecule has 0 aromatic heterocycles. The van der Waals surface area contributed by atoms with Gasteiger partial charge >= 0.3 is 0 Å². The third kappa shape index (κ3) is 4.45. The van der Waals surface area contributed by atoms with Crippen molar-refractivity contribution in [2.75, 3.05) is 0 Å². The smallest absolute Gasteiger partial charge is 0.206 e. The van der Waals surface area contributed by atoms with Gasteiger partial charge in [-0.15, -0.1) is 0 Å². The minimum atomic E-state index is -2.82. The predicted octanol–water partition coefficient (Wildman–Crippen LogP) is 9.02. The molecule has 3 heteroatoms. The summed E-state index contributed by atoms with van der Waals surface area (Å²) in [6.45, 7) is 4.51. The zero-order valence-electron chi connectivity index (χ0n) is 18.1. The Morgan fingerprint density at radius 2 is 1.23 bits per heavy atom. The highest BCUT2D eigenvalue weighted by Crippen LogP contribution is 2.42. The Bertz CT molecular complexity index is 839. The van der Waals surface area contributed by atoms with Crippen molar-refractivity contribution < 1.29 is 13.2 Å². The number of hydrogen-bond acceptors (Lipinski definition) is 0. The summed E-state index contributed by atoms with van der Waals surface area (Å²) in [7, 11) is 0. The number of rotatable bonds is 4. The number of benzene rings is 2. The van der Waals surface area contributed by atoms with Crippen LogP contribution in [0.4, 0.5) is 13.2 Å². The van der Waals surface area contributed by atoms with Crippen molar-refractivity contribution in [2.24, 2.45) is 11.8 Å². The Morgan fingerprint density at radius 1 is 0.700 bits per heavy atom. The minimum Gasteiger partial charge on any atom is -0.206 e. The Morgan fingerprint density at radius 3 is 1.77 bits per heavy atom. The first-order valence-electron chi connectivity index (χ1n) is 11.6. The molecule has 0 atom stereocenters. The van der Waals surface area contributed by atoms with Gasteiger partial charge in [-0.2, -0.15) is 0 Å². The van der Waals surface area contributed by atoms with Gasteiger partial charge in [-0.3, -0.25) is 0 Å². The van der Waals surface area contributed by atoms with Gasteiger partial charge in [0, 0.05) is 0 Å². The van der Waals surface area contributed by atoms with Gasteiger partial charge in [-0.25, -0.2) is 13.2 Å². The van der Waals surface area contributed by atoms with Gasteiger partial charge < -0.3 is 0 Å². The van der Waals surface area contributed by atoms with Crippen molar-refractivity contribution in [2.45, 2.75) is 83.5 Å². The van der Waals surface area contributed by atoms with E-state index in [0.29, 0.717) is 28.5 Å². The van der Waals surface area contributed by atoms with E-state index < -0.39 is 17.8 Å². The summed E-state index contributed by atoms with van der Waals surface area (Å²) in [5.74, 6) is 1.36. The zero-order valence-corrected chi connectivity index (χ0v) is 18.1. The van der Waals surface area contributed by atoms with E-state index in [0.717, 1.165) is 31.6 Å². The fraction of sp³-hybridized carbons (Fsp3) is 0.556. The van der Waals surface area contributed by atoms with Gasteiger partial charge in [0.05, 0.1) is 5.56 Å². The molecule has 2 fully saturated rings. The molecular weight excluding hydrogens is 381 g/mol. The van der Waals surface area contributed by atoms with E-state index in [1.807, 2.05) is 12.1 Å². The molecule has 0 unspecified atom stereocenters. The largest absolute Gasteiger partial charge is 0.267 e. The van der Waals surface area contributed by atoms with Gasteiger partial charge in [0.15, 0.2) is 0 Å². The van der Waals surface area contributed by atoms with E-state index >= 15 is 4.39 Å². The van der Waals surface area contributed by atoms with Crippen LogP contribution in [-0.2, 0) is 0 Å². The van der Waals surface area contributed by atoms with Gasteiger partial charge in [-0.05, 0) is 71.6 Å². The highest BCUT2D eigenvalue weighted by molar-refractivity contribution is 5.69. The molecule has 0 amide bonds. The molecule has 0 radical (unpaired) electrons. The molecule has 0 saturated heterocycles. The van der Waals surface area contributed by atoms with Crippen LogP contribution in [0.1, 0.15) is 100 Å². The van der Waals surface area contributed by atoms with Crippen LogP contribution in [-0.4, -0.2) is 0 Å². The van der Waals surface area contributed by atoms with Gasteiger partial charge in [0.1, 0.15) is 5.82 Å². The van der Waals surface area contributed by atoms with Crippen molar-refractivity contribution in [3.8, 4) is 11.1 Å². The van der Waals surface area contributed by atoms with E-state index in [-0.39, 0.29) is 5.92 Å². The Balaban J connectivity index is 1.61. The SMILES string of the molecule is CC1CCC(c2ccc(-c3ccc(C4CCC(C)CC4)c(F)c3C(F)F)cc2)CC1. The highest BCUT2D eigenvalue weighted by Gasteiger charge is 2.28. The molecule has 30 heavy (non-hydrogen) atoms. The zero-order chi connectivity index (χ0) is 21.3. The second-order valence-electron chi connectivity index (χ2n) is 9.77. The fourth-order valence-electron chi connectivity index (χ4n) is 5.49. The lowest BCUT2D eigenvalue weighted by molar-refractivity contribution is 0.146. The molecule has 2 aromatic rings. The van der Waals surface area contributed by atoms with Crippen molar-refractivity contribution in [1.82, 2.24) is 0 Å². The molecule has 0 spiro atoms. The quantitative estimate of drug-likeness (QED) is 0.468. The number of alkyl halides is 2. The lowest BCUT2D eigenvalue weighted by atomic mass is 9.78. The maximum atomic E-state index is 15.3. The normalized spacial score (nSPS) is 27.4. The van der Waals surface area contributed by atoms with Crippen LogP contribution in [0.5, 0.6) is 0 Å². The lowest BCUT2D eigenvalue weighted by Gasteiger charge is -2.28. The Hall–Kier alpha value is -1.77. The van der Waals surface area contributed by atoms with Crippen molar-refractivity contribution in [1.29, 1.82) is 0 Å². The van der Waals surface area contributed by atoms with E-state index in [2.05, 4.69) is 26.0 Å². The third-order valence-electron chi connectivity index (χ3n) is 7.59. The van der Waals surface area contributed by atoms with Crippen LogP contribution in [0, 0.1) is 17.7 Å². The second kappa shape index (κ2) is 9.16. The van der Waals surface area contributed by atoms with Crippen molar-refractivity contribution in [3.05, 3.63) is 58.9 Å². The van der Waals surface area contributed by atoms with Crippen LogP contribution < -0.4 is 0 Å². The fourth-order valence-corrected chi connectivity index (χ4v) is 5.49. The van der Waals surface area contributed by atoms with Gasteiger partial charge in [0.25, 0.3) is 6.43 Å². The minimum absolute atomic E-state index is 0.0591. The van der Waals surface area contributed by atoms with Crippen LogP contribution in [0.3, 0.4) is 0 Å². The Labute approximate surface area is 178 Å². The third-order valence-corrected chi connectivity index (χ3v) is 7.59. The van der Waals surface area contributed by atoms with Gasteiger partial charge in [0.2, 0.25) is 0 Å². The first-order valence-corrected chi connectivity index (χ1v) is 11.6. The molecule has 0 N–H and O–H groups in total. The molecule has 0 nitrogen and oxygen atoms in total. The van der Waals surface area contributed by atoms with E-state index in [4.69, 9.17) is 0 Å². The van der Waals surface area contributed by atoms with Crippen LogP contribution in [0.15, 0.2) is 36.4 Å². The maximum Gasteiger partial charge on any atom is 0.267 e. The first-order chi connectivity index (χ1) is 14.4. The maximum absolute atomic E-state index is 15.3. The highest BCUT2D eigenvalue weighted by atomic mass is 19.3.